The summed E-state index contributed by atoms with van der Waals surface area (Å²) in [6.07, 6.45) is 3.81. The summed E-state index contributed by atoms with van der Waals surface area (Å²) in [6.45, 7) is 2.76. The summed E-state index contributed by atoms with van der Waals surface area (Å²) in [5.41, 5.74) is 1.38. The molecule has 1 unspecified atom stereocenters. The van der Waals surface area contributed by atoms with E-state index >= 15 is 0 Å². The number of rotatable bonds is 5. The van der Waals surface area contributed by atoms with E-state index in [1.807, 2.05) is 6.92 Å². The quantitative estimate of drug-likeness (QED) is 0.887. The molecule has 7 nitrogen and oxygen atoms in total. The van der Waals surface area contributed by atoms with Crippen LogP contribution in [0.4, 0.5) is 0 Å². The van der Waals surface area contributed by atoms with Crippen molar-refractivity contribution in [2.24, 2.45) is 0 Å². The molecule has 1 amide bonds. The maximum atomic E-state index is 13.1. The van der Waals surface area contributed by atoms with Crippen molar-refractivity contribution in [3.8, 4) is 0 Å². The van der Waals surface area contributed by atoms with Gasteiger partial charge in [0, 0.05) is 20.1 Å². The molecule has 0 aliphatic carbocycles. The van der Waals surface area contributed by atoms with Crippen molar-refractivity contribution in [1.29, 1.82) is 0 Å². The smallest absolute Gasteiger partial charge is 0.243 e. The molecule has 0 spiro atoms. The predicted molar refractivity (Wildman–Crippen MR) is 90.9 cm³/mol. The van der Waals surface area contributed by atoms with Gasteiger partial charge in [-0.15, -0.1) is 0 Å². The lowest BCUT2D eigenvalue weighted by Crippen LogP contribution is -2.57. The van der Waals surface area contributed by atoms with Crippen LogP contribution in [-0.2, 0) is 14.8 Å². The van der Waals surface area contributed by atoms with E-state index in [-0.39, 0.29) is 10.8 Å². The van der Waals surface area contributed by atoms with Crippen molar-refractivity contribution < 1.29 is 13.2 Å². The lowest BCUT2D eigenvalue weighted by molar-refractivity contribution is -0.137. The number of piperazine rings is 1. The minimum absolute atomic E-state index is 0.124. The number of imidazole rings is 1. The van der Waals surface area contributed by atoms with Gasteiger partial charge < -0.3 is 9.88 Å². The second-order valence-corrected chi connectivity index (χ2v) is 8.01. The maximum Gasteiger partial charge on any atom is 0.243 e. The first-order valence-electron chi connectivity index (χ1n) is 8.15. The van der Waals surface area contributed by atoms with Crippen LogP contribution >= 0.6 is 0 Å². The van der Waals surface area contributed by atoms with E-state index in [0.29, 0.717) is 30.5 Å². The highest BCUT2D eigenvalue weighted by Crippen LogP contribution is 2.26. The van der Waals surface area contributed by atoms with E-state index in [4.69, 9.17) is 0 Å². The lowest BCUT2D eigenvalue weighted by Gasteiger charge is -2.38. The maximum absolute atomic E-state index is 13.1. The summed E-state index contributed by atoms with van der Waals surface area (Å²) < 4.78 is 27.6. The molecule has 130 valence electrons. The Balaban J connectivity index is 1.97. The summed E-state index contributed by atoms with van der Waals surface area (Å²) in [5.74, 6) is -0.124. The average Bonchev–Trinajstić information content (AvgIpc) is 3.03. The number of benzene rings is 1. The molecule has 0 saturated carbocycles. The van der Waals surface area contributed by atoms with Gasteiger partial charge in [0.05, 0.1) is 22.3 Å². The van der Waals surface area contributed by atoms with Crippen LogP contribution in [0.15, 0.2) is 29.4 Å². The van der Waals surface area contributed by atoms with E-state index in [2.05, 4.69) is 9.97 Å². The van der Waals surface area contributed by atoms with Gasteiger partial charge in [-0.3, -0.25) is 4.79 Å². The minimum atomic E-state index is -3.73. The largest absolute Gasteiger partial charge is 0.345 e. The molecule has 1 fully saturated rings. The van der Waals surface area contributed by atoms with Crippen LogP contribution in [0.3, 0.4) is 0 Å². The Morgan fingerprint density at radius 3 is 2.88 bits per heavy atom. The number of aromatic amines is 1. The van der Waals surface area contributed by atoms with Crippen molar-refractivity contribution in [1.82, 2.24) is 19.2 Å². The standard InChI is InChI=1S/C16H22N4O3S/c1-3-4-5-15-16(21)19(2)8-9-20(15)24(22,23)12-6-7-13-14(10-12)18-11-17-13/h6-7,10-11,15H,3-5,8-9H2,1-2H3,(H,17,18). The number of carbonyl (C=O) groups is 1. The predicted octanol–water partition coefficient (Wildman–Crippen LogP) is 1.58. The number of nitrogens with zero attached hydrogens (tertiary/aromatic N) is 3. The van der Waals surface area contributed by atoms with E-state index in [1.54, 1.807) is 30.1 Å². The molecular weight excluding hydrogens is 328 g/mol. The SMILES string of the molecule is CCCCC1C(=O)N(C)CCN1S(=O)(=O)c1ccc2nc[nH]c2c1. The van der Waals surface area contributed by atoms with Gasteiger partial charge >= 0.3 is 0 Å². The number of carbonyl (C=O) groups excluding carboxylic acids is 1. The molecule has 8 heteroatoms. The van der Waals surface area contributed by atoms with Crippen LogP contribution < -0.4 is 0 Å². The number of likely N-dealkylation sites (N-methyl/N-ethyl adjacent to an activating group) is 1. The first kappa shape index (κ1) is 16.9. The fraction of sp³-hybridized carbons (Fsp3) is 0.500. The lowest BCUT2D eigenvalue weighted by atomic mass is 10.1. The summed E-state index contributed by atoms with van der Waals surface area (Å²) in [5, 5.41) is 0. The topological polar surface area (TPSA) is 86.4 Å². The summed E-state index contributed by atoms with van der Waals surface area (Å²) in [6, 6.07) is 4.19. The van der Waals surface area contributed by atoms with Gasteiger partial charge in [0.15, 0.2) is 0 Å². The normalized spacial score (nSPS) is 20.0. The van der Waals surface area contributed by atoms with Gasteiger partial charge in [-0.05, 0) is 24.6 Å². The van der Waals surface area contributed by atoms with Gasteiger partial charge in [0.2, 0.25) is 15.9 Å². The fourth-order valence-corrected chi connectivity index (χ4v) is 4.69. The van der Waals surface area contributed by atoms with Crippen molar-refractivity contribution >= 4 is 27.0 Å². The Labute approximate surface area is 141 Å². The van der Waals surface area contributed by atoms with Crippen LogP contribution in [-0.4, -0.2) is 59.7 Å². The van der Waals surface area contributed by atoms with Crippen LogP contribution in [0.1, 0.15) is 26.2 Å². The number of H-pyrrole nitrogens is 1. The zero-order valence-corrected chi connectivity index (χ0v) is 14.7. The number of amides is 1. The first-order chi connectivity index (χ1) is 11.4. The minimum Gasteiger partial charge on any atom is -0.345 e. The zero-order chi connectivity index (χ0) is 17.3. The monoisotopic (exact) mass is 350 g/mol. The Morgan fingerprint density at radius 1 is 1.33 bits per heavy atom. The molecule has 1 aliphatic rings. The number of hydrogen-bond donors (Lipinski definition) is 1. The van der Waals surface area contributed by atoms with Crippen molar-refractivity contribution in [3.05, 3.63) is 24.5 Å². The molecule has 0 bridgehead atoms. The first-order valence-corrected chi connectivity index (χ1v) is 9.59. The molecule has 1 aromatic heterocycles. The second kappa shape index (κ2) is 6.52. The highest BCUT2D eigenvalue weighted by Gasteiger charge is 2.40. The third kappa shape index (κ3) is 2.91. The summed E-state index contributed by atoms with van der Waals surface area (Å²) >= 11 is 0. The van der Waals surface area contributed by atoms with Crippen LogP contribution in [0.25, 0.3) is 11.0 Å². The molecule has 1 atom stereocenters. The Morgan fingerprint density at radius 2 is 2.12 bits per heavy atom. The van der Waals surface area contributed by atoms with E-state index < -0.39 is 16.1 Å². The molecule has 0 radical (unpaired) electrons. The van der Waals surface area contributed by atoms with E-state index in [1.165, 1.54) is 10.6 Å². The Bertz CT molecular complexity index is 846. The van der Waals surface area contributed by atoms with Crippen molar-refractivity contribution in [3.63, 3.8) is 0 Å². The van der Waals surface area contributed by atoms with Crippen molar-refractivity contribution in [2.45, 2.75) is 37.1 Å². The molecule has 1 aliphatic heterocycles. The third-order valence-corrected chi connectivity index (χ3v) is 6.40. The van der Waals surface area contributed by atoms with Gasteiger partial charge in [0.25, 0.3) is 0 Å². The van der Waals surface area contributed by atoms with Crippen LogP contribution in [0.2, 0.25) is 0 Å². The number of fused-ring (bicyclic) bond motifs is 1. The molecule has 24 heavy (non-hydrogen) atoms. The fourth-order valence-electron chi connectivity index (χ4n) is 3.06. The number of sulfonamides is 1. The average molecular weight is 350 g/mol. The van der Waals surface area contributed by atoms with Crippen molar-refractivity contribution in [2.75, 3.05) is 20.1 Å². The molecule has 1 aromatic carbocycles. The highest BCUT2D eigenvalue weighted by atomic mass is 32.2. The van der Waals surface area contributed by atoms with E-state index in [9.17, 15) is 13.2 Å². The summed E-state index contributed by atoms with van der Waals surface area (Å²) in [7, 11) is -2.01. The van der Waals surface area contributed by atoms with Gasteiger partial charge in [-0.2, -0.15) is 4.31 Å². The number of hydrogen-bond acceptors (Lipinski definition) is 4. The molecular formula is C16H22N4O3S. The Hall–Kier alpha value is -1.93. The zero-order valence-electron chi connectivity index (χ0n) is 13.9. The van der Waals surface area contributed by atoms with Gasteiger partial charge in [-0.1, -0.05) is 19.8 Å². The molecule has 2 heterocycles. The molecule has 1 N–H and O–H groups in total. The highest BCUT2D eigenvalue weighted by molar-refractivity contribution is 7.89. The van der Waals surface area contributed by atoms with Crippen LogP contribution in [0, 0.1) is 0 Å². The van der Waals surface area contributed by atoms with Gasteiger partial charge in [0.1, 0.15) is 6.04 Å². The molecule has 1 saturated heterocycles. The molecule has 2 aromatic rings. The third-order valence-electron chi connectivity index (χ3n) is 4.49. The summed E-state index contributed by atoms with van der Waals surface area (Å²) in [4.78, 5) is 21.3. The molecule has 3 rings (SSSR count). The Kier molecular flexibility index (Phi) is 4.60. The van der Waals surface area contributed by atoms with E-state index in [0.717, 1.165) is 12.8 Å². The van der Waals surface area contributed by atoms with Gasteiger partial charge in [-0.25, -0.2) is 13.4 Å². The second-order valence-electron chi connectivity index (χ2n) is 6.12. The number of unbranched alkanes of at least 4 members (excludes halogenated alkanes) is 1. The number of aromatic nitrogens is 2. The number of nitrogens with one attached hydrogen (secondary N) is 1. The van der Waals surface area contributed by atoms with Crippen LogP contribution in [0.5, 0.6) is 0 Å².